The number of nitrogens with one attached hydrogen (secondary N) is 2. The van der Waals surface area contributed by atoms with Gasteiger partial charge in [0, 0.05) is 16.2 Å². The van der Waals surface area contributed by atoms with Gasteiger partial charge < -0.3 is 10.2 Å². The molecule has 10 heteroatoms. The second-order valence-electron chi connectivity index (χ2n) is 6.22. The molecule has 0 spiro atoms. The highest BCUT2D eigenvalue weighted by atomic mass is 32.1. The maximum Gasteiger partial charge on any atom is 0.258 e. The molecule has 0 aliphatic carbocycles. The van der Waals surface area contributed by atoms with Crippen LogP contribution in [0.1, 0.15) is 39.5 Å². The molecule has 1 saturated heterocycles. The fourth-order valence-electron chi connectivity index (χ4n) is 3.03. The van der Waals surface area contributed by atoms with E-state index in [0.29, 0.717) is 12.1 Å². The minimum atomic E-state index is -1.08. The molecule has 1 aliphatic rings. The van der Waals surface area contributed by atoms with Gasteiger partial charge in [0.2, 0.25) is 5.91 Å². The van der Waals surface area contributed by atoms with Crippen molar-refractivity contribution < 1.29 is 18.4 Å². The van der Waals surface area contributed by atoms with Crippen molar-refractivity contribution in [2.24, 2.45) is 0 Å². The van der Waals surface area contributed by atoms with Gasteiger partial charge in [0.1, 0.15) is 6.17 Å². The zero-order valence-electron chi connectivity index (χ0n) is 14.9. The van der Waals surface area contributed by atoms with Crippen molar-refractivity contribution in [1.82, 2.24) is 15.2 Å². The maximum atomic E-state index is 14.0. The third kappa shape index (κ3) is 4.50. The van der Waals surface area contributed by atoms with Crippen molar-refractivity contribution in [3.05, 3.63) is 32.7 Å². The van der Waals surface area contributed by atoms with Gasteiger partial charge in [-0.15, -0.1) is 11.3 Å². The second-order valence-corrected chi connectivity index (χ2v) is 8.49. The number of thiophene rings is 1. The van der Waals surface area contributed by atoms with E-state index in [1.807, 2.05) is 6.92 Å². The molecule has 27 heavy (non-hydrogen) atoms. The van der Waals surface area contributed by atoms with E-state index in [-0.39, 0.29) is 36.6 Å². The summed E-state index contributed by atoms with van der Waals surface area (Å²) in [5.74, 6) is -0.554. The molecule has 3 heterocycles. The molecule has 2 aromatic rings. The van der Waals surface area contributed by atoms with Crippen LogP contribution in [0.3, 0.4) is 0 Å². The Balaban J connectivity index is 1.77. The largest absolute Gasteiger partial charge is 0.331 e. The van der Waals surface area contributed by atoms with Crippen LogP contribution in [0, 0.1) is 12.1 Å². The van der Waals surface area contributed by atoms with E-state index >= 15 is 0 Å². The molecular weight excluding hydrogens is 394 g/mol. The lowest BCUT2D eigenvalue weighted by atomic mass is 10.1. The molecule has 6 nitrogen and oxygen atoms in total. The van der Waals surface area contributed by atoms with Gasteiger partial charge in [0.25, 0.3) is 5.91 Å². The van der Waals surface area contributed by atoms with Crippen molar-refractivity contribution in [2.45, 2.75) is 32.5 Å². The van der Waals surface area contributed by atoms with E-state index in [1.54, 1.807) is 13.0 Å². The summed E-state index contributed by atoms with van der Waals surface area (Å²) in [4.78, 5) is 31.7. The fourth-order valence-corrected chi connectivity index (χ4v) is 4.73. The molecule has 3 rings (SSSR count). The Bertz CT molecular complexity index is 839. The van der Waals surface area contributed by atoms with Gasteiger partial charge >= 0.3 is 0 Å². The number of anilines is 1. The van der Waals surface area contributed by atoms with Gasteiger partial charge in [-0.25, -0.2) is 9.37 Å². The quantitative estimate of drug-likeness (QED) is 0.762. The summed E-state index contributed by atoms with van der Waals surface area (Å²) >= 11 is 2.12. The lowest BCUT2D eigenvalue weighted by Gasteiger charge is -2.23. The van der Waals surface area contributed by atoms with Crippen LogP contribution >= 0.6 is 22.7 Å². The SMILES string of the molecule is CCNCC(=O)N1C[C@H](F)CC1c1cc(C(=O)Nc2ncc(F)s2)c(C)s1. The molecule has 2 N–H and O–H groups in total. The summed E-state index contributed by atoms with van der Waals surface area (Å²) in [6, 6.07) is 1.31. The molecule has 1 fully saturated rings. The number of likely N-dealkylation sites (N-methyl/N-ethyl adjacent to an activating group) is 1. The van der Waals surface area contributed by atoms with Gasteiger partial charge in [-0.1, -0.05) is 18.3 Å². The predicted octanol–water partition coefficient (Wildman–Crippen LogP) is 3.13. The molecule has 0 saturated carbocycles. The second kappa shape index (κ2) is 8.41. The highest BCUT2D eigenvalue weighted by molar-refractivity contribution is 7.14. The molecular formula is C17H20F2N4O2S2. The minimum absolute atomic E-state index is 0.0613. The smallest absolute Gasteiger partial charge is 0.258 e. The van der Waals surface area contributed by atoms with Crippen LogP contribution in [0.2, 0.25) is 0 Å². The monoisotopic (exact) mass is 414 g/mol. The number of hydrogen-bond acceptors (Lipinski definition) is 6. The summed E-state index contributed by atoms with van der Waals surface area (Å²) in [5, 5.41) is 5.22. The van der Waals surface area contributed by atoms with Gasteiger partial charge in [0.05, 0.1) is 30.9 Å². The number of aryl methyl sites for hydroxylation is 1. The van der Waals surface area contributed by atoms with E-state index in [2.05, 4.69) is 15.6 Å². The zero-order valence-corrected chi connectivity index (χ0v) is 16.6. The van der Waals surface area contributed by atoms with Crippen LogP contribution in [0.15, 0.2) is 12.3 Å². The van der Waals surface area contributed by atoms with Crippen LogP contribution in [0.25, 0.3) is 0 Å². The number of thiazole rings is 1. The number of carbonyl (C=O) groups is 2. The highest BCUT2D eigenvalue weighted by Gasteiger charge is 2.37. The molecule has 2 amide bonds. The number of rotatable bonds is 6. The average Bonchev–Trinajstić information content (AvgIpc) is 3.31. The molecule has 0 bridgehead atoms. The van der Waals surface area contributed by atoms with Crippen molar-refractivity contribution in [3.8, 4) is 0 Å². The lowest BCUT2D eigenvalue weighted by molar-refractivity contribution is -0.131. The van der Waals surface area contributed by atoms with Crippen LogP contribution < -0.4 is 10.6 Å². The van der Waals surface area contributed by atoms with E-state index in [1.165, 1.54) is 16.2 Å². The first-order valence-corrected chi connectivity index (χ1v) is 10.2. The van der Waals surface area contributed by atoms with Gasteiger partial charge in [0.15, 0.2) is 10.3 Å². The Morgan fingerprint density at radius 3 is 2.85 bits per heavy atom. The van der Waals surface area contributed by atoms with Crippen LogP contribution in [0.5, 0.6) is 0 Å². The van der Waals surface area contributed by atoms with E-state index < -0.39 is 17.2 Å². The molecule has 1 aliphatic heterocycles. The van der Waals surface area contributed by atoms with E-state index in [4.69, 9.17) is 0 Å². The van der Waals surface area contributed by atoms with Gasteiger partial charge in [-0.05, 0) is 19.5 Å². The van der Waals surface area contributed by atoms with Crippen molar-refractivity contribution in [2.75, 3.05) is 25.0 Å². The maximum absolute atomic E-state index is 14.0. The Kier molecular flexibility index (Phi) is 6.18. The van der Waals surface area contributed by atoms with Crippen LogP contribution in [-0.4, -0.2) is 47.5 Å². The first-order valence-electron chi connectivity index (χ1n) is 8.56. The fraction of sp³-hybridized carbons (Fsp3) is 0.471. The van der Waals surface area contributed by atoms with E-state index in [0.717, 1.165) is 27.3 Å². The molecule has 2 atom stereocenters. The normalized spacial score (nSPS) is 19.5. The number of carbonyl (C=O) groups excluding carboxylic acids is 2. The topological polar surface area (TPSA) is 74.3 Å². The average molecular weight is 415 g/mol. The number of amides is 2. The summed E-state index contributed by atoms with van der Waals surface area (Å²) in [6.45, 7) is 4.56. The molecule has 0 aromatic carbocycles. The Morgan fingerprint density at radius 1 is 1.41 bits per heavy atom. The molecule has 2 aromatic heterocycles. The van der Waals surface area contributed by atoms with Crippen molar-refractivity contribution in [1.29, 1.82) is 0 Å². The van der Waals surface area contributed by atoms with Crippen molar-refractivity contribution >= 4 is 39.6 Å². The number of aromatic nitrogens is 1. The third-order valence-electron chi connectivity index (χ3n) is 4.30. The summed E-state index contributed by atoms with van der Waals surface area (Å²) < 4.78 is 27.1. The first kappa shape index (κ1) is 19.8. The molecule has 146 valence electrons. The van der Waals surface area contributed by atoms with Gasteiger partial charge in [-0.3, -0.25) is 14.9 Å². The third-order valence-corrected chi connectivity index (χ3v) is 6.16. The number of nitrogens with zero attached hydrogens (tertiary/aromatic N) is 2. The molecule has 1 unspecified atom stereocenters. The Labute approximate surface area is 163 Å². The summed E-state index contributed by atoms with van der Waals surface area (Å²) in [5.41, 5.74) is 0.423. The predicted molar refractivity (Wildman–Crippen MR) is 102 cm³/mol. The van der Waals surface area contributed by atoms with Gasteiger partial charge in [-0.2, -0.15) is 4.39 Å². The zero-order chi connectivity index (χ0) is 19.6. The van der Waals surface area contributed by atoms with Crippen LogP contribution in [0.4, 0.5) is 13.9 Å². The molecule has 0 radical (unpaired) electrons. The summed E-state index contributed by atoms with van der Waals surface area (Å²) in [7, 11) is 0. The number of hydrogen-bond donors (Lipinski definition) is 2. The number of halogens is 2. The Morgan fingerprint density at radius 2 is 2.19 bits per heavy atom. The lowest BCUT2D eigenvalue weighted by Crippen LogP contribution is -2.38. The van der Waals surface area contributed by atoms with Crippen LogP contribution in [-0.2, 0) is 4.79 Å². The van der Waals surface area contributed by atoms with Crippen molar-refractivity contribution in [3.63, 3.8) is 0 Å². The summed E-state index contributed by atoms with van der Waals surface area (Å²) in [6.07, 6.45) is 0.176. The van der Waals surface area contributed by atoms with E-state index in [9.17, 15) is 18.4 Å². The minimum Gasteiger partial charge on any atom is -0.331 e. The number of likely N-dealkylation sites (tertiary alicyclic amines) is 1. The highest BCUT2D eigenvalue weighted by Crippen LogP contribution is 2.38. The standard InChI is InChI=1S/C17H20F2N4O2S2/c1-3-20-7-15(24)23-8-10(18)4-12(23)13-5-11(9(2)26-13)16(25)22-17-21-6-14(19)27-17/h5-6,10,12,20H,3-4,7-8H2,1-2H3,(H,21,22,25)/t10-,12?/m1/s1. The Hall–Kier alpha value is -1.91. The first-order chi connectivity index (χ1) is 12.9. The number of alkyl halides is 1.